The lowest BCUT2D eigenvalue weighted by Crippen LogP contribution is -2.28. The molecule has 0 saturated heterocycles. The van der Waals surface area contributed by atoms with Gasteiger partial charge in [-0.15, -0.1) is 0 Å². The van der Waals surface area contributed by atoms with Crippen LogP contribution in [0.15, 0.2) is 60.7 Å². The van der Waals surface area contributed by atoms with Gasteiger partial charge in [0.1, 0.15) is 0 Å². The summed E-state index contributed by atoms with van der Waals surface area (Å²) in [5.41, 5.74) is 9.08. The van der Waals surface area contributed by atoms with Crippen LogP contribution in [0.2, 0.25) is 0 Å². The molecule has 0 aromatic heterocycles. The van der Waals surface area contributed by atoms with E-state index in [0.29, 0.717) is 11.2 Å². The first-order chi connectivity index (χ1) is 9.68. The van der Waals surface area contributed by atoms with Gasteiger partial charge in [-0.05, 0) is 17.0 Å². The molecule has 0 bridgehead atoms. The fourth-order valence-electron chi connectivity index (χ4n) is 2.34. The molecule has 0 spiro atoms. The second-order valence-corrected chi connectivity index (χ2v) is 6.61. The van der Waals surface area contributed by atoms with Gasteiger partial charge in [-0.25, -0.2) is 0 Å². The standard InChI is InChI=1S/C18H23NS/c1-14(2)18(17(19)16-11-7-4-8-12-16)20-13-15-9-5-3-6-10-15/h3-12,14,17-18H,13,19H2,1-2H3. The lowest BCUT2D eigenvalue weighted by molar-refractivity contribution is 0.527. The second kappa shape index (κ2) is 7.51. The highest BCUT2D eigenvalue weighted by Gasteiger charge is 2.23. The first-order valence-corrected chi connectivity index (χ1v) is 8.19. The summed E-state index contributed by atoms with van der Waals surface area (Å²) in [5.74, 6) is 1.57. The van der Waals surface area contributed by atoms with Gasteiger partial charge in [-0.2, -0.15) is 11.8 Å². The van der Waals surface area contributed by atoms with Crippen LogP contribution < -0.4 is 5.73 Å². The zero-order valence-electron chi connectivity index (χ0n) is 12.2. The Labute approximate surface area is 126 Å². The minimum atomic E-state index is 0.0879. The van der Waals surface area contributed by atoms with Crippen molar-refractivity contribution >= 4 is 11.8 Å². The largest absolute Gasteiger partial charge is 0.323 e. The number of benzene rings is 2. The minimum Gasteiger partial charge on any atom is -0.323 e. The third kappa shape index (κ3) is 4.12. The first kappa shape index (κ1) is 15.1. The molecule has 0 aliphatic carbocycles. The van der Waals surface area contributed by atoms with E-state index in [1.165, 1.54) is 11.1 Å². The molecule has 0 aliphatic heterocycles. The summed E-state index contributed by atoms with van der Waals surface area (Å²) in [6.45, 7) is 4.51. The number of hydrogen-bond donors (Lipinski definition) is 1. The lowest BCUT2D eigenvalue weighted by atomic mass is 9.97. The summed E-state index contributed by atoms with van der Waals surface area (Å²) < 4.78 is 0. The average molecular weight is 285 g/mol. The first-order valence-electron chi connectivity index (χ1n) is 7.14. The van der Waals surface area contributed by atoms with Gasteiger partial charge in [-0.3, -0.25) is 0 Å². The average Bonchev–Trinajstić information content (AvgIpc) is 2.49. The van der Waals surface area contributed by atoms with E-state index in [0.717, 1.165) is 5.75 Å². The summed E-state index contributed by atoms with van der Waals surface area (Å²) >= 11 is 1.96. The minimum absolute atomic E-state index is 0.0879. The zero-order chi connectivity index (χ0) is 14.4. The number of rotatable bonds is 6. The molecular weight excluding hydrogens is 262 g/mol. The third-order valence-corrected chi connectivity index (χ3v) is 5.20. The van der Waals surface area contributed by atoms with Gasteiger partial charge in [0.05, 0.1) is 0 Å². The van der Waals surface area contributed by atoms with Crippen molar-refractivity contribution in [3.63, 3.8) is 0 Å². The van der Waals surface area contributed by atoms with Gasteiger partial charge in [-0.1, -0.05) is 74.5 Å². The number of hydrogen-bond acceptors (Lipinski definition) is 2. The van der Waals surface area contributed by atoms with E-state index in [2.05, 4.69) is 68.4 Å². The van der Waals surface area contributed by atoms with Gasteiger partial charge >= 0.3 is 0 Å². The molecule has 0 heterocycles. The lowest BCUT2D eigenvalue weighted by Gasteiger charge is -2.27. The SMILES string of the molecule is CC(C)C(SCc1ccccc1)C(N)c1ccccc1. The fraction of sp³-hybridized carbons (Fsp3) is 0.333. The molecular formula is C18H23NS. The van der Waals surface area contributed by atoms with Crippen LogP contribution in [0.1, 0.15) is 31.0 Å². The Kier molecular flexibility index (Phi) is 5.69. The summed E-state index contributed by atoms with van der Waals surface area (Å²) in [6, 6.07) is 21.1. The number of thioether (sulfide) groups is 1. The van der Waals surface area contributed by atoms with Crippen LogP contribution in [-0.4, -0.2) is 5.25 Å². The molecule has 0 aliphatic rings. The maximum Gasteiger partial charge on any atom is 0.0418 e. The van der Waals surface area contributed by atoms with Gasteiger partial charge in [0.2, 0.25) is 0 Å². The molecule has 1 nitrogen and oxygen atoms in total. The van der Waals surface area contributed by atoms with Crippen LogP contribution in [0.5, 0.6) is 0 Å². The van der Waals surface area contributed by atoms with Crippen LogP contribution in [0.3, 0.4) is 0 Å². The fourth-order valence-corrected chi connectivity index (χ4v) is 3.67. The van der Waals surface area contributed by atoms with Gasteiger partial charge in [0.15, 0.2) is 0 Å². The maximum absolute atomic E-state index is 6.48. The van der Waals surface area contributed by atoms with E-state index < -0.39 is 0 Å². The number of nitrogens with two attached hydrogens (primary N) is 1. The zero-order valence-corrected chi connectivity index (χ0v) is 13.0. The molecule has 0 saturated carbocycles. The third-order valence-electron chi connectivity index (χ3n) is 3.48. The normalized spacial score (nSPS) is 14.2. The Morgan fingerprint density at radius 1 is 0.900 bits per heavy atom. The summed E-state index contributed by atoms with van der Waals surface area (Å²) in [4.78, 5) is 0. The smallest absolute Gasteiger partial charge is 0.0418 e. The van der Waals surface area contributed by atoms with Crippen LogP contribution in [-0.2, 0) is 5.75 Å². The van der Waals surface area contributed by atoms with E-state index >= 15 is 0 Å². The molecule has 2 atom stereocenters. The van der Waals surface area contributed by atoms with Crippen molar-refractivity contribution < 1.29 is 0 Å². The summed E-state index contributed by atoms with van der Waals surface area (Å²) in [6.07, 6.45) is 0. The molecule has 2 aromatic carbocycles. The van der Waals surface area contributed by atoms with Crippen molar-refractivity contribution in [3.05, 3.63) is 71.8 Å². The molecule has 2 aromatic rings. The Morgan fingerprint density at radius 2 is 1.45 bits per heavy atom. The molecule has 20 heavy (non-hydrogen) atoms. The van der Waals surface area contributed by atoms with E-state index in [1.54, 1.807) is 0 Å². The molecule has 2 heteroatoms. The van der Waals surface area contributed by atoms with Gasteiger partial charge in [0.25, 0.3) is 0 Å². The van der Waals surface area contributed by atoms with Crippen molar-refractivity contribution in [2.75, 3.05) is 0 Å². The Balaban J connectivity index is 2.04. The maximum atomic E-state index is 6.48. The predicted molar refractivity (Wildman–Crippen MR) is 89.7 cm³/mol. The van der Waals surface area contributed by atoms with E-state index in [9.17, 15) is 0 Å². The topological polar surface area (TPSA) is 26.0 Å². The van der Waals surface area contributed by atoms with Crippen molar-refractivity contribution in [1.29, 1.82) is 0 Å². The van der Waals surface area contributed by atoms with Gasteiger partial charge < -0.3 is 5.73 Å². The van der Waals surface area contributed by atoms with Crippen molar-refractivity contribution in [2.24, 2.45) is 11.7 Å². The molecule has 0 amide bonds. The molecule has 2 rings (SSSR count). The Bertz CT molecular complexity index is 495. The summed E-state index contributed by atoms with van der Waals surface area (Å²) in [5, 5.41) is 0.428. The van der Waals surface area contributed by atoms with Crippen LogP contribution >= 0.6 is 11.8 Å². The highest BCUT2D eigenvalue weighted by atomic mass is 32.2. The van der Waals surface area contributed by atoms with Crippen molar-refractivity contribution in [2.45, 2.75) is 30.9 Å². The predicted octanol–water partition coefficient (Wildman–Crippen LogP) is 4.64. The van der Waals surface area contributed by atoms with E-state index in [4.69, 9.17) is 5.73 Å². The molecule has 0 radical (unpaired) electrons. The molecule has 0 fully saturated rings. The van der Waals surface area contributed by atoms with Crippen molar-refractivity contribution in [1.82, 2.24) is 0 Å². The highest BCUT2D eigenvalue weighted by Crippen LogP contribution is 2.32. The second-order valence-electron chi connectivity index (χ2n) is 5.44. The van der Waals surface area contributed by atoms with Crippen LogP contribution in [0, 0.1) is 5.92 Å². The quantitative estimate of drug-likeness (QED) is 0.836. The molecule has 106 valence electrons. The summed E-state index contributed by atoms with van der Waals surface area (Å²) in [7, 11) is 0. The molecule has 2 N–H and O–H groups in total. The van der Waals surface area contributed by atoms with Crippen LogP contribution in [0.25, 0.3) is 0 Å². The van der Waals surface area contributed by atoms with Gasteiger partial charge in [0, 0.05) is 17.0 Å². The van der Waals surface area contributed by atoms with E-state index in [1.807, 2.05) is 17.8 Å². The molecule has 2 unspecified atom stereocenters. The van der Waals surface area contributed by atoms with E-state index in [-0.39, 0.29) is 6.04 Å². The van der Waals surface area contributed by atoms with Crippen LogP contribution in [0.4, 0.5) is 0 Å². The Hall–Kier alpha value is -1.25. The Morgan fingerprint density at radius 3 is 2.00 bits per heavy atom. The highest BCUT2D eigenvalue weighted by molar-refractivity contribution is 7.99. The monoisotopic (exact) mass is 285 g/mol. The van der Waals surface area contributed by atoms with Crippen molar-refractivity contribution in [3.8, 4) is 0 Å².